The van der Waals surface area contributed by atoms with E-state index in [1.807, 2.05) is 0 Å². The molecule has 2 heteroatoms. The average molecular weight is 241 g/mol. The van der Waals surface area contributed by atoms with E-state index in [0.29, 0.717) is 0 Å². The summed E-state index contributed by atoms with van der Waals surface area (Å²) in [6, 6.07) is 17.2. The second kappa shape index (κ2) is 3.81. The Kier molecular flexibility index (Phi) is 2.40. The summed E-state index contributed by atoms with van der Waals surface area (Å²) in [6.45, 7) is 4.58. The molecule has 0 aliphatic carbocycles. The van der Waals surface area contributed by atoms with Crippen molar-refractivity contribution in [3.05, 3.63) is 59.7 Å². The van der Waals surface area contributed by atoms with Crippen LogP contribution in [0, 0.1) is 0 Å². The van der Waals surface area contributed by atoms with Crippen LogP contribution in [0.1, 0.15) is 25.0 Å². The third kappa shape index (κ3) is 1.64. The summed E-state index contributed by atoms with van der Waals surface area (Å²) in [5.41, 5.74) is 4.02. The number of fused-ring (bicyclic) bond motifs is 2. The van der Waals surface area contributed by atoms with Gasteiger partial charge in [-0.2, -0.15) is 0 Å². The Morgan fingerprint density at radius 1 is 0.882 bits per heavy atom. The molecule has 0 amide bonds. The number of rotatable bonds is 0. The molecule has 3 rings (SSSR count). The lowest BCUT2D eigenvalue weighted by molar-refractivity contribution is 0.631. The summed E-state index contributed by atoms with van der Waals surface area (Å²) in [6.07, 6.45) is 0. The fraction of sp³-hybridized carbons (Fsp3) is 0.200. The molecule has 0 radical (unpaired) electrons. The first-order chi connectivity index (χ1) is 8.19. The van der Waals surface area contributed by atoms with Crippen molar-refractivity contribution in [1.82, 2.24) is 0 Å². The van der Waals surface area contributed by atoms with Crippen molar-refractivity contribution in [3.8, 4) is 0 Å². The molecule has 0 fully saturated rings. The molecule has 0 unspecified atom stereocenters. The van der Waals surface area contributed by atoms with E-state index in [0.717, 1.165) is 0 Å². The van der Waals surface area contributed by atoms with Gasteiger partial charge in [0, 0.05) is 16.0 Å². The zero-order chi connectivity index (χ0) is 11.9. The first-order valence-corrected chi connectivity index (χ1v) is 6.63. The van der Waals surface area contributed by atoms with E-state index >= 15 is 0 Å². The van der Waals surface area contributed by atoms with Gasteiger partial charge in [-0.05, 0) is 35.2 Å². The minimum absolute atomic E-state index is 0.0453. The lowest BCUT2D eigenvalue weighted by Gasteiger charge is -2.26. The quantitative estimate of drug-likeness (QED) is 0.684. The lowest BCUT2D eigenvalue weighted by atomic mass is 9.77. The van der Waals surface area contributed by atoms with Crippen molar-refractivity contribution < 1.29 is 0 Å². The summed E-state index contributed by atoms with van der Waals surface area (Å²) in [5.74, 6) is 0. The van der Waals surface area contributed by atoms with Gasteiger partial charge >= 0.3 is 0 Å². The van der Waals surface area contributed by atoms with Crippen LogP contribution in [0.15, 0.2) is 53.4 Å². The fourth-order valence-electron chi connectivity index (χ4n) is 2.44. The maximum Gasteiger partial charge on any atom is 0.0484 e. The predicted octanol–water partition coefficient (Wildman–Crippen LogP) is 4.45. The van der Waals surface area contributed by atoms with E-state index in [1.54, 1.807) is 11.9 Å². The van der Waals surface area contributed by atoms with Crippen LogP contribution in [0.5, 0.6) is 0 Å². The molecule has 0 spiro atoms. The second-order valence-corrected chi connectivity index (χ2v) is 5.72. The SMILES string of the molecule is CC1(C)c2ccccc2NSc2ccccc21. The molecular formula is C15H15NS. The largest absolute Gasteiger partial charge is 0.325 e. The van der Waals surface area contributed by atoms with Gasteiger partial charge in [0.1, 0.15) is 0 Å². The van der Waals surface area contributed by atoms with Crippen LogP contribution in [0.2, 0.25) is 0 Å². The van der Waals surface area contributed by atoms with Crippen LogP contribution in [0.4, 0.5) is 5.69 Å². The van der Waals surface area contributed by atoms with Gasteiger partial charge < -0.3 is 4.72 Å². The van der Waals surface area contributed by atoms with E-state index in [1.165, 1.54) is 21.7 Å². The molecule has 1 aliphatic rings. The number of hydrogen-bond donors (Lipinski definition) is 1. The van der Waals surface area contributed by atoms with Crippen LogP contribution in [-0.2, 0) is 5.41 Å². The first-order valence-electron chi connectivity index (χ1n) is 5.81. The second-order valence-electron chi connectivity index (χ2n) is 4.87. The number of benzene rings is 2. The van der Waals surface area contributed by atoms with Gasteiger partial charge in [0.25, 0.3) is 0 Å². The number of hydrogen-bond acceptors (Lipinski definition) is 2. The maximum absolute atomic E-state index is 3.45. The summed E-state index contributed by atoms with van der Waals surface area (Å²) < 4.78 is 3.45. The highest BCUT2D eigenvalue weighted by Crippen LogP contribution is 2.44. The highest BCUT2D eigenvalue weighted by Gasteiger charge is 2.30. The molecule has 2 aromatic carbocycles. The Labute approximate surface area is 106 Å². The van der Waals surface area contributed by atoms with Gasteiger partial charge in [-0.1, -0.05) is 50.2 Å². The van der Waals surface area contributed by atoms with E-state index < -0.39 is 0 Å². The Bertz CT molecular complexity index is 511. The van der Waals surface area contributed by atoms with E-state index in [4.69, 9.17) is 0 Å². The third-order valence-electron chi connectivity index (χ3n) is 3.43. The van der Waals surface area contributed by atoms with Crippen LogP contribution in [0.3, 0.4) is 0 Å². The van der Waals surface area contributed by atoms with Crippen LogP contribution < -0.4 is 4.72 Å². The van der Waals surface area contributed by atoms with Crippen LogP contribution in [-0.4, -0.2) is 0 Å². The minimum Gasteiger partial charge on any atom is -0.325 e. The zero-order valence-corrected chi connectivity index (χ0v) is 10.8. The van der Waals surface area contributed by atoms with Crippen molar-refractivity contribution in [2.24, 2.45) is 0 Å². The number of nitrogens with one attached hydrogen (secondary N) is 1. The smallest absolute Gasteiger partial charge is 0.0484 e. The molecule has 17 heavy (non-hydrogen) atoms. The van der Waals surface area contributed by atoms with Crippen molar-refractivity contribution >= 4 is 17.6 Å². The highest BCUT2D eigenvalue weighted by molar-refractivity contribution is 8.00. The monoisotopic (exact) mass is 241 g/mol. The minimum atomic E-state index is 0.0453. The predicted molar refractivity (Wildman–Crippen MR) is 74.5 cm³/mol. The van der Waals surface area contributed by atoms with E-state index in [2.05, 4.69) is 67.1 Å². The van der Waals surface area contributed by atoms with Gasteiger partial charge in [-0.25, -0.2) is 0 Å². The molecule has 0 saturated carbocycles. The lowest BCUT2D eigenvalue weighted by Crippen LogP contribution is -2.19. The maximum atomic E-state index is 3.45. The Balaban J connectivity index is 2.27. The third-order valence-corrected chi connectivity index (χ3v) is 4.33. The first kappa shape index (κ1) is 10.7. The normalized spacial score (nSPS) is 16.4. The van der Waals surface area contributed by atoms with Gasteiger partial charge in [-0.3, -0.25) is 0 Å². The van der Waals surface area contributed by atoms with E-state index in [-0.39, 0.29) is 5.41 Å². The summed E-state index contributed by atoms with van der Waals surface area (Å²) >= 11 is 1.70. The molecule has 1 heterocycles. The molecule has 1 aliphatic heterocycles. The molecule has 0 bridgehead atoms. The molecule has 86 valence electrons. The fourth-order valence-corrected chi connectivity index (χ4v) is 3.42. The molecule has 0 saturated heterocycles. The summed E-state index contributed by atoms with van der Waals surface area (Å²) in [5, 5.41) is 0. The molecule has 1 N–H and O–H groups in total. The highest BCUT2D eigenvalue weighted by atomic mass is 32.2. The topological polar surface area (TPSA) is 12.0 Å². The molecule has 2 aromatic rings. The average Bonchev–Trinajstić information content (AvgIpc) is 2.47. The summed E-state index contributed by atoms with van der Waals surface area (Å²) in [7, 11) is 0. The zero-order valence-electron chi connectivity index (χ0n) is 10.0. The van der Waals surface area contributed by atoms with Crippen molar-refractivity contribution in [3.63, 3.8) is 0 Å². The molecule has 0 atom stereocenters. The van der Waals surface area contributed by atoms with Gasteiger partial charge in [-0.15, -0.1) is 0 Å². The number of para-hydroxylation sites is 1. The van der Waals surface area contributed by atoms with Crippen molar-refractivity contribution in [2.75, 3.05) is 4.72 Å². The number of anilines is 1. The molecule has 0 aromatic heterocycles. The van der Waals surface area contributed by atoms with Gasteiger partial charge in [0.2, 0.25) is 0 Å². The van der Waals surface area contributed by atoms with Gasteiger partial charge in [0.05, 0.1) is 0 Å². The Morgan fingerprint density at radius 3 is 2.35 bits per heavy atom. The van der Waals surface area contributed by atoms with Crippen LogP contribution >= 0.6 is 11.9 Å². The molecule has 1 nitrogen and oxygen atoms in total. The van der Waals surface area contributed by atoms with Gasteiger partial charge in [0.15, 0.2) is 0 Å². The molecular weight excluding hydrogens is 226 g/mol. The Hall–Kier alpha value is -1.41. The summed E-state index contributed by atoms with van der Waals surface area (Å²) in [4.78, 5) is 1.31. The van der Waals surface area contributed by atoms with E-state index in [9.17, 15) is 0 Å². The van der Waals surface area contributed by atoms with Crippen LogP contribution in [0.25, 0.3) is 0 Å². The Morgan fingerprint density at radius 2 is 1.53 bits per heavy atom. The van der Waals surface area contributed by atoms with Crippen molar-refractivity contribution in [1.29, 1.82) is 0 Å². The standard InChI is InChI=1S/C15H15NS/c1-15(2)11-7-3-5-9-13(11)16-17-14-10-6-4-8-12(14)15/h3-10,16H,1-2H3. The van der Waals surface area contributed by atoms with Crippen molar-refractivity contribution in [2.45, 2.75) is 24.2 Å².